The van der Waals surface area contributed by atoms with E-state index in [1.165, 1.54) is 29.2 Å². The molecule has 1 amide bonds. The van der Waals surface area contributed by atoms with Gasteiger partial charge in [0.05, 0.1) is 16.3 Å². The molecule has 0 spiro atoms. The number of azo groups is 1. The van der Waals surface area contributed by atoms with E-state index < -0.39 is 10.3 Å². The number of benzene rings is 2. The third kappa shape index (κ3) is 3.31. The summed E-state index contributed by atoms with van der Waals surface area (Å²) in [6, 6.07) is 14.7. The van der Waals surface area contributed by atoms with Gasteiger partial charge in [-0.2, -0.15) is 10.2 Å². The van der Waals surface area contributed by atoms with E-state index in [9.17, 15) is 14.9 Å². The number of non-ortho nitro benzene ring substituents is 1. The second-order valence-electron chi connectivity index (χ2n) is 4.73. The monoisotopic (exact) mass is 358 g/mol. The molecule has 0 saturated carbocycles. The van der Waals surface area contributed by atoms with Gasteiger partial charge >= 0.3 is 0 Å². The first-order chi connectivity index (χ1) is 11.6. The third-order valence-corrected chi connectivity index (χ3v) is 4.55. The van der Waals surface area contributed by atoms with Crippen molar-refractivity contribution in [1.29, 1.82) is 0 Å². The molecule has 1 atom stereocenters. The van der Waals surface area contributed by atoms with Crippen LogP contribution in [0.4, 0.5) is 17.1 Å². The number of anilines is 1. The number of amides is 1. The fourth-order valence-corrected chi connectivity index (χ4v) is 3.30. The van der Waals surface area contributed by atoms with Crippen molar-refractivity contribution >= 4 is 51.3 Å². The van der Waals surface area contributed by atoms with Gasteiger partial charge in [0.25, 0.3) is 11.6 Å². The maximum atomic E-state index is 12.5. The number of nitro groups is 1. The number of carbonyl (C=O) groups is 1. The van der Waals surface area contributed by atoms with Crippen molar-refractivity contribution in [3.05, 3.63) is 64.7 Å². The average Bonchev–Trinajstić information content (AvgIpc) is 2.88. The maximum absolute atomic E-state index is 12.5. The highest BCUT2D eigenvalue weighted by Crippen LogP contribution is 2.33. The van der Waals surface area contributed by atoms with Crippen LogP contribution in [0, 0.1) is 10.1 Å². The molecule has 3 rings (SSSR count). The SMILES string of the molecule is O=C1C(N=Nc2ccc([N+](=O)[O-])cc2)SC(=S)N1c1ccccc1. The number of nitrogens with zero attached hydrogens (tertiary/aromatic N) is 4. The summed E-state index contributed by atoms with van der Waals surface area (Å²) in [7, 11) is 0. The smallest absolute Gasteiger partial charge is 0.270 e. The van der Waals surface area contributed by atoms with Crippen LogP contribution in [0.3, 0.4) is 0 Å². The van der Waals surface area contributed by atoms with Crippen molar-refractivity contribution < 1.29 is 9.72 Å². The number of carbonyl (C=O) groups excluding carboxylic acids is 1. The van der Waals surface area contributed by atoms with Gasteiger partial charge in [0.2, 0.25) is 5.37 Å². The first-order valence-electron chi connectivity index (χ1n) is 6.81. The predicted molar refractivity (Wildman–Crippen MR) is 95.5 cm³/mol. The number of hydrogen-bond donors (Lipinski definition) is 0. The lowest BCUT2D eigenvalue weighted by atomic mass is 10.3. The summed E-state index contributed by atoms with van der Waals surface area (Å²) in [6.07, 6.45) is 0. The summed E-state index contributed by atoms with van der Waals surface area (Å²) < 4.78 is 0.416. The number of rotatable bonds is 4. The molecule has 1 aliphatic heterocycles. The summed E-state index contributed by atoms with van der Waals surface area (Å²) in [5, 5.41) is 17.8. The summed E-state index contributed by atoms with van der Waals surface area (Å²) in [5.74, 6) is -0.262. The van der Waals surface area contributed by atoms with Crippen molar-refractivity contribution in [2.24, 2.45) is 10.2 Å². The number of thiocarbonyl (C=S) groups is 1. The second kappa shape index (κ2) is 6.85. The summed E-state index contributed by atoms with van der Waals surface area (Å²) in [4.78, 5) is 24.0. The zero-order chi connectivity index (χ0) is 17.1. The Morgan fingerprint density at radius 3 is 2.42 bits per heavy atom. The molecule has 1 aliphatic rings. The Morgan fingerprint density at radius 2 is 1.79 bits per heavy atom. The number of para-hydroxylation sites is 1. The van der Waals surface area contributed by atoms with Crippen LogP contribution < -0.4 is 4.90 Å². The van der Waals surface area contributed by atoms with E-state index in [0.29, 0.717) is 15.7 Å². The van der Waals surface area contributed by atoms with Gasteiger partial charge in [-0.25, -0.2) is 0 Å². The van der Waals surface area contributed by atoms with Gasteiger partial charge in [0.1, 0.15) is 4.32 Å². The molecular weight excluding hydrogens is 348 g/mol. The van der Waals surface area contributed by atoms with Crippen LogP contribution in [-0.2, 0) is 4.79 Å². The lowest BCUT2D eigenvalue weighted by Crippen LogP contribution is -2.30. The van der Waals surface area contributed by atoms with Gasteiger partial charge in [-0.1, -0.05) is 42.2 Å². The first-order valence-corrected chi connectivity index (χ1v) is 8.10. The average molecular weight is 358 g/mol. The minimum atomic E-state index is -0.757. The lowest BCUT2D eigenvalue weighted by molar-refractivity contribution is -0.384. The lowest BCUT2D eigenvalue weighted by Gasteiger charge is -2.14. The molecule has 0 aliphatic carbocycles. The first kappa shape index (κ1) is 16.2. The minimum absolute atomic E-state index is 0.0308. The fourth-order valence-electron chi connectivity index (χ4n) is 2.04. The van der Waals surface area contributed by atoms with Gasteiger partial charge in [-0.3, -0.25) is 19.8 Å². The van der Waals surface area contributed by atoms with E-state index in [-0.39, 0.29) is 11.6 Å². The molecule has 2 aromatic rings. The Bertz CT molecular complexity index is 824. The minimum Gasteiger partial charge on any atom is -0.270 e. The Balaban J connectivity index is 1.75. The second-order valence-corrected chi connectivity index (χ2v) is 6.45. The molecule has 0 radical (unpaired) electrons. The van der Waals surface area contributed by atoms with Gasteiger partial charge in [-0.15, -0.1) is 0 Å². The molecule has 1 saturated heterocycles. The molecule has 24 heavy (non-hydrogen) atoms. The Labute approximate surface area is 146 Å². The van der Waals surface area contributed by atoms with Crippen LogP contribution in [0.2, 0.25) is 0 Å². The van der Waals surface area contributed by atoms with E-state index >= 15 is 0 Å². The molecule has 1 fully saturated rings. The molecule has 9 heteroatoms. The van der Waals surface area contributed by atoms with E-state index in [0.717, 1.165) is 11.8 Å². The van der Waals surface area contributed by atoms with E-state index in [2.05, 4.69) is 10.2 Å². The highest BCUT2D eigenvalue weighted by atomic mass is 32.2. The standard InChI is InChI=1S/C15H10N4O3S2/c20-14-13(17-16-10-6-8-12(9-7-10)19(21)22)24-15(23)18(14)11-4-2-1-3-5-11/h1-9,13H. The van der Waals surface area contributed by atoms with Crippen LogP contribution in [0.25, 0.3) is 0 Å². The highest BCUT2D eigenvalue weighted by molar-refractivity contribution is 8.25. The number of nitro benzene ring substituents is 1. The topological polar surface area (TPSA) is 88.2 Å². The molecule has 7 nitrogen and oxygen atoms in total. The Kier molecular flexibility index (Phi) is 4.63. The van der Waals surface area contributed by atoms with Crippen LogP contribution in [0.15, 0.2) is 64.8 Å². The fraction of sp³-hybridized carbons (Fsp3) is 0.0667. The molecule has 0 N–H and O–H groups in total. The van der Waals surface area contributed by atoms with Crippen molar-refractivity contribution in [3.8, 4) is 0 Å². The molecule has 1 unspecified atom stereocenters. The molecule has 0 bridgehead atoms. The molecule has 0 aromatic heterocycles. The van der Waals surface area contributed by atoms with Gasteiger partial charge in [-0.05, 0) is 24.3 Å². The summed E-state index contributed by atoms with van der Waals surface area (Å²) >= 11 is 6.39. The largest absolute Gasteiger partial charge is 0.270 e. The third-order valence-electron chi connectivity index (χ3n) is 3.18. The van der Waals surface area contributed by atoms with E-state index in [4.69, 9.17) is 12.2 Å². The van der Waals surface area contributed by atoms with Crippen LogP contribution in [0.1, 0.15) is 0 Å². The van der Waals surface area contributed by atoms with Crippen LogP contribution in [0.5, 0.6) is 0 Å². The molecule has 120 valence electrons. The Morgan fingerprint density at radius 1 is 1.12 bits per heavy atom. The highest BCUT2D eigenvalue weighted by Gasteiger charge is 2.38. The van der Waals surface area contributed by atoms with Crippen molar-refractivity contribution in [1.82, 2.24) is 0 Å². The van der Waals surface area contributed by atoms with Gasteiger partial charge in [0.15, 0.2) is 0 Å². The quantitative estimate of drug-likeness (QED) is 0.356. The predicted octanol–water partition coefficient (Wildman–Crippen LogP) is 4.07. The number of hydrogen-bond acceptors (Lipinski definition) is 7. The molecule has 2 aromatic carbocycles. The zero-order valence-electron chi connectivity index (χ0n) is 12.1. The van der Waals surface area contributed by atoms with Crippen molar-refractivity contribution in [3.63, 3.8) is 0 Å². The Hall–Kier alpha value is -2.65. The van der Waals surface area contributed by atoms with E-state index in [1.54, 1.807) is 12.1 Å². The zero-order valence-corrected chi connectivity index (χ0v) is 13.7. The summed E-state index contributed by atoms with van der Waals surface area (Å²) in [6.45, 7) is 0. The van der Waals surface area contributed by atoms with Crippen LogP contribution >= 0.6 is 24.0 Å². The van der Waals surface area contributed by atoms with Gasteiger partial charge < -0.3 is 0 Å². The van der Waals surface area contributed by atoms with Crippen molar-refractivity contribution in [2.45, 2.75) is 5.37 Å². The molecular formula is C15H10N4O3S2. The van der Waals surface area contributed by atoms with Crippen LogP contribution in [-0.4, -0.2) is 20.5 Å². The van der Waals surface area contributed by atoms with E-state index in [1.807, 2.05) is 18.2 Å². The van der Waals surface area contributed by atoms with Gasteiger partial charge in [0, 0.05) is 12.1 Å². The van der Waals surface area contributed by atoms with Crippen molar-refractivity contribution in [2.75, 3.05) is 4.90 Å². The molecule has 1 heterocycles. The summed E-state index contributed by atoms with van der Waals surface area (Å²) in [5.41, 5.74) is 1.09. The maximum Gasteiger partial charge on any atom is 0.270 e. The number of thioether (sulfide) groups is 1. The normalized spacial score (nSPS) is 17.7.